The van der Waals surface area contributed by atoms with E-state index >= 15 is 0 Å². The van der Waals surface area contributed by atoms with Gasteiger partial charge in [0.25, 0.3) is 0 Å². The number of hydrogen-bond donors (Lipinski definition) is 0. The Bertz CT molecular complexity index is 734. The van der Waals surface area contributed by atoms with Crippen LogP contribution in [0.15, 0.2) is 0 Å². The first kappa shape index (κ1) is 31.0. The van der Waals surface area contributed by atoms with Gasteiger partial charge in [0, 0.05) is 6.92 Å². The topological polar surface area (TPSA) is 66.4 Å². The smallest absolute Gasteiger partial charge is 0.460 e. The average molecular weight is 521 g/mol. The Morgan fingerprint density at radius 1 is 0.788 bits per heavy atom. The van der Waals surface area contributed by atoms with E-state index in [1.807, 2.05) is 0 Å². The Labute approximate surface area is 176 Å². The van der Waals surface area contributed by atoms with Crippen molar-refractivity contribution < 1.29 is 81.0 Å². The summed E-state index contributed by atoms with van der Waals surface area (Å²) in [5.41, 5.74) is 0. The normalized spacial score (nSPS) is 15.9. The van der Waals surface area contributed by atoms with Crippen molar-refractivity contribution in [1.29, 1.82) is 0 Å². The maximum absolute atomic E-state index is 14.0. The lowest BCUT2D eigenvalue weighted by Gasteiger charge is -2.41. The zero-order chi connectivity index (χ0) is 27.1. The Morgan fingerprint density at radius 3 is 1.52 bits per heavy atom. The van der Waals surface area contributed by atoms with E-state index in [1.54, 1.807) is 0 Å². The minimum absolute atomic E-state index is 0.495. The molecule has 0 heterocycles. The number of quaternary nitrogens is 1. The Balaban J connectivity index is 6.29. The minimum atomic E-state index is -8.05. The second-order valence-corrected chi connectivity index (χ2v) is 7.58. The van der Waals surface area contributed by atoms with Crippen molar-refractivity contribution in [1.82, 2.24) is 0 Å². The molecule has 1 unspecified atom stereocenters. The van der Waals surface area contributed by atoms with E-state index in [0.29, 0.717) is 6.92 Å². The van der Waals surface area contributed by atoms with Crippen LogP contribution in [-0.4, -0.2) is 85.5 Å². The van der Waals surface area contributed by atoms with E-state index in [4.69, 9.17) is 0 Å². The summed E-state index contributed by atoms with van der Waals surface area (Å²) in [6, 6.07) is 0. The van der Waals surface area contributed by atoms with Crippen LogP contribution in [0, 0.1) is 0 Å². The summed E-state index contributed by atoms with van der Waals surface area (Å²) in [6.45, 7) is -1.71. The summed E-state index contributed by atoms with van der Waals surface area (Å²) in [6.07, 6.45) is -12.9. The lowest BCUT2D eigenvalue weighted by molar-refractivity contribution is -0.887. The van der Waals surface area contributed by atoms with Gasteiger partial charge in [0.05, 0.1) is 26.5 Å². The quantitative estimate of drug-likeness (QED) is 0.239. The molecule has 18 heteroatoms. The van der Waals surface area contributed by atoms with Gasteiger partial charge in [-0.1, -0.05) is 0 Å². The Morgan fingerprint density at radius 2 is 1.18 bits per heavy atom. The molecule has 0 radical (unpaired) electrons. The number of alkyl halides is 13. The van der Waals surface area contributed by atoms with Crippen LogP contribution in [0.1, 0.15) is 13.3 Å². The van der Waals surface area contributed by atoms with Gasteiger partial charge in [0.2, 0.25) is 0 Å². The molecule has 0 amide bonds. The van der Waals surface area contributed by atoms with Crippen LogP contribution in [-0.2, 0) is 14.3 Å². The molecule has 0 aliphatic rings. The third kappa shape index (κ3) is 6.11. The van der Waals surface area contributed by atoms with Crippen molar-refractivity contribution >= 4 is 11.9 Å². The monoisotopic (exact) mass is 521 g/mol. The molecule has 5 nitrogen and oxygen atoms in total. The Hall–Kier alpha value is -2.01. The third-order valence-electron chi connectivity index (χ3n) is 4.07. The number of carbonyl (C=O) groups is 2. The van der Waals surface area contributed by atoms with Crippen molar-refractivity contribution in [3.05, 3.63) is 0 Å². The van der Waals surface area contributed by atoms with E-state index in [0.717, 1.165) is 14.1 Å². The minimum Gasteiger partial charge on any atom is -0.544 e. The second kappa shape index (κ2) is 8.98. The summed E-state index contributed by atoms with van der Waals surface area (Å²) in [5.74, 6) is -41.3. The zero-order valence-electron chi connectivity index (χ0n) is 16.7. The number of esters is 1. The molecule has 196 valence electrons. The van der Waals surface area contributed by atoms with Gasteiger partial charge in [-0.25, -0.2) is 0 Å². The molecular formula is C15H16F13NO4. The first-order valence-corrected chi connectivity index (χ1v) is 8.31. The van der Waals surface area contributed by atoms with Crippen LogP contribution in [0.3, 0.4) is 0 Å². The summed E-state index contributed by atoms with van der Waals surface area (Å²) >= 11 is 0. The predicted octanol–water partition coefficient (Wildman–Crippen LogP) is 2.87. The van der Waals surface area contributed by atoms with E-state index in [1.165, 1.54) is 0 Å². The van der Waals surface area contributed by atoms with Crippen LogP contribution >= 0.6 is 0 Å². The molecule has 0 bridgehead atoms. The van der Waals surface area contributed by atoms with Gasteiger partial charge in [0.15, 0.2) is 6.10 Å². The first-order chi connectivity index (χ1) is 14.2. The molecule has 0 spiro atoms. The van der Waals surface area contributed by atoms with E-state index < -0.39 is 77.8 Å². The highest BCUT2D eigenvalue weighted by Gasteiger charge is 2.90. The van der Waals surface area contributed by atoms with Gasteiger partial charge in [-0.2, -0.15) is 57.1 Å². The van der Waals surface area contributed by atoms with Gasteiger partial charge >= 0.3 is 41.8 Å². The molecule has 0 saturated heterocycles. The number of halogens is 13. The number of carboxylic acid groups (broad SMARTS) is 1. The molecule has 0 rings (SSSR count). The maximum Gasteiger partial charge on any atom is 0.460 e. The van der Waals surface area contributed by atoms with Crippen molar-refractivity contribution in [3.8, 4) is 0 Å². The molecule has 1 atom stereocenters. The van der Waals surface area contributed by atoms with Gasteiger partial charge in [-0.05, 0) is 0 Å². The molecule has 0 aliphatic heterocycles. The van der Waals surface area contributed by atoms with Crippen molar-refractivity contribution in [2.75, 3.05) is 27.2 Å². The number of hydrogen-bond acceptors (Lipinski definition) is 4. The van der Waals surface area contributed by atoms with Gasteiger partial charge in [-0.3, -0.25) is 4.79 Å². The molecule has 0 saturated carbocycles. The molecular weight excluding hydrogens is 505 g/mol. The largest absolute Gasteiger partial charge is 0.544 e. The molecule has 0 fully saturated rings. The fourth-order valence-corrected chi connectivity index (χ4v) is 2.56. The summed E-state index contributed by atoms with van der Waals surface area (Å²) in [4.78, 5) is 21.6. The van der Waals surface area contributed by atoms with Crippen LogP contribution in [0.5, 0.6) is 0 Å². The highest BCUT2D eigenvalue weighted by Crippen LogP contribution is 2.60. The van der Waals surface area contributed by atoms with E-state index in [2.05, 4.69) is 4.74 Å². The maximum atomic E-state index is 14.0. The van der Waals surface area contributed by atoms with Gasteiger partial charge in [0.1, 0.15) is 13.1 Å². The molecule has 0 N–H and O–H groups in total. The number of likely N-dealkylation sites (N-methyl/N-ethyl adjacent to an activating group) is 1. The van der Waals surface area contributed by atoms with Gasteiger partial charge < -0.3 is 19.1 Å². The third-order valence-corrected chi connectivity index (χ3v) is 4.07. The molecule has 0 aromatic heterocycles. The van der Waals surface area contributed by atoms with Crippen LogP contribution in [0.2, 0.25) is 0 Å². The highest BCUT2D eigenvalue weighted by atomic mass is 19.4. The number of ether oxygens (including phenoxy) is 1. The Kier molecular flexibility index (Phi) is 8.43. The first-order valence-electron chi connectivity index (χ1n) is 8.31. The fourth-order valence-electron chi connectivity index (χ4n) is 2.56. The second-order valence-electron chi connectivity index (χ2n) is 7.58. The number of rotatable bonds is 11. The number of aliphatic carboxylic acids is 1. The zero-order valence-corrected chi connectivity index (χ0v) is 16.7. The lowest BCUT2D eigenvalue weighted by atomic mass is 9.91. The number of carboxylic acids is 1. The van der Waals surface area contributed by atoms with E-state index in [-0.39, 0.29) is 0 Å². The summed E-state index contributed by atoms with van der Waals surface area (Å²) in [7, 11) is 1.82. The van der Waals surface area contributed by atoms with Crippen molar-refractivity contribution in [2.45, 2.75) is 55.2 Å². The molecule has 0 aliphatic carbocycles. The molecule has 0 aromatic rings. The standard InChI is InChI=1S/C15H16F13NO4/c1-7(30)33-8(5-29(2,3)6-9(31)32)4-10(16,17)11(18,19)12(20,21)13(22,23)14(24,25)15(26,27)28/h8H,4-6H2,1-3H3. The summed E-state index contributed by atoms with van der Waals surface area (Å²) < 4.78 is 174. The van der Waals surface area contributed by atoms with Gasteiger partial charge in [-0.15, -0.1) is 0 Å². The van der Waals surface area contributed by atoms with E-state index in [9.17, 15) is 71.8 Å². The fraction of sp³-hybridized carbons (Fsp3) is 0.867. The van der Waals surface area contributed by atoms with Crippen molar-refractivity contribution in [3.63, 3.8) is 0 Å². The number of nitrogens with zero attached hydrogens (tertiary/aromatic N) is 1. The van der Waals surface area contributed by atoms with Crippen LogP contribution in [0.4, 0.5) is 57.1 Å². The van der Waals surface area contributed by atoms with Crippen molar-refractivity contribution in [2.24, 2.45) is 0 Å². The molecule has 0 aromatic carbocycles. The summed E-state index contributed by atoms with van der Waals surface area (Å²) in [5, 5.41) is 10.6. The molecule has 33 heavy (non-hydrogen) atoms. The average Bonchev–Trinajstić information content (AvgIpc) is 2.49. The van der Waals surface area contributed by atoms with Crippen LogP contribution in [0.25, 0.3) is 0 Å². The number of carbonyl (C=O) groups excluding carboxylic acids is 2. The predicted molar refractivity (Wildman–Crippen MR) is 77.8 cm³/mol. The van der Waals surface area contributed by atoms with Crippen LogP contribution < -0.4 is 5.11 Å². The highest BCUT2D eigenvalue weighted by molar-refractivity contribution is 5.66. The SMILES string of the molecule is CC(=O)OC(CC(F)(F)C(F)(F)C(F)(F)C(F)(F)C(F)(F)C(F)(F)F)C[N+](C)(C)CC(=O)[O-]. The lowest BCUT2D eigenvalue weighted by Crippen LogP contribution is -2.70.